The fraction of sp³-hybridized carbons (Fsp3) is 0.263. The Kier molecular flexibility index (Phi) is 3.76. The minimum Gasteiger partial charge on any atom is -0.352 e. The van der Waals surface area contributed by atoms with Crippen molar-refractivity contribution in [2.45, 2.75) is 25.9 Å². The zero-order valence-corrected chi connectivity index (χ0v) is 13.2. The summed E-state index contributed by atoms with van der Waals surface area (Å²) in [7, 11) is 0. The molecule has 2 aromatic carbocycles. The van der Waals surface area contributed by atoms with Gasteiger partial charge in [-0.3, -0.25) is 4.79 Å². The maximum absolute atomic E-state index is 13.2. The van der Waals surface area contributed by atoms with Crippen molar-refractivity contribution in [1.82, 2.24) is 14.9 Å². The average molecular weight is 323 g/mol. The number of hydrogen-bond donors (Lipinski definition) is 1. The maximum atomic E-state index is 13.2. The molecule has 1 aliphatic heterocycles. The Balaban J connectivity index is 1.45. The van der Waals surface area contributed by atoms with Crippen molar-refractivity contribution in [3.05, 3.63) is 65.7 Å². The maximum Gasteiger partial charge on any atom is 0.223 e. The lowest BCUT2D eigenvalue weighted by atomic mass is 9.96. The number of carbonyl (C=O) groups is 1. The van der Waals surface area contributed by atoms with Crippen LogP contribution in [0, 0.1) is 11.7 Å². The normalized spacial score (nSPS) is 16.8. The Labute approximate surface area is 139 Å². The van der Waals surface area contributed by atoms with Crippen LogP contribution in [0.2, 0.25) is 0 Å². The Morgan fingerprint density at radius 1 is 1.25 bits per heavy atom. The number of benzene rings is 2. The van der Waals surface area contributed by atoms with Crippen LogP contribution < -0.4 is 5.32 Å². The standard InChI is InChI=1S/C19H18FN3O/c20-15-5-3-4-13(10-15)12-21-19(24)14-8-9-23-17-7-2-1-6-16(17)22-18(23)11-14/h1-7,10,14H,8-9,11-12H2,(H,21,24)/t14-/m0/s1. The van der Waals surface area contributed by atoms with Gasteiger partial charge in [-0.05, 0) is 36.2 Å². The van der Waals surface area contributed by atoms with Crippen LogP contribution in [0.4, 0.5) is 4.39 Å². The number of nitrogens with one attached hydrogen (secondary N) is 1. The van der Waals surface area contributed by atoms with Crippen molar-refractivity contribution in [2.24, 2.45) is 5.92 Å². The van der Waals surface area contributed by atoms with E-state index >= 15 is 0 Å². The third-order valence-corrected chi connectivity index (χ3v) is 4.59. The molecule has 0 aliphatic carbocycles. The molecule has 5 heteroatoms. The van der Waals surface area contributed by atoms with E-state index in [0.717, 1.165) is 35.4 Å². The van der Waals surface area contributed by atoms with Gasteiger partial charge in [0, 0.05) is 25.4 Å². The predicted molar refractivity (Wildman–Crippen MR) is 89.8 cm³/mol. The molecule has 0 saturated heterocycles. The van der Waals surface area contributed by atoms with Crippen LogP contribution in [0.15, 0.2) is 48.5 Å². The van der Waals surface area contributed by atoms with Crippen molar-refractivity contribution in [3.8, 4) is 0 Å². The summed E-state index contributed by atoms with van der Waals surface area (Å²) in [6.07, 6.45) is 1.44. The summed E-state index contributed by atoms with van der Waals surface area (Å²) in [4.78, 5) is 17.1. The van der Waals surface area contributed by atoms with Gasteiger partial charge in [0.2, 0.25) is 5.91 Å². The number of carbonyl (C=O) groups excluding carboxylic acids is 1. The van der Waals surface area contributed by atoms with Gasteiger partial charge in [-0.1, -0.05) is 24.3 Å². The second-order valence-electron chi connectivity index (χ2n) is 6.21. The summed E-state index contributed by atoms with van der Waals surface area (Å²) in [5.74, 6) is 0.613. The SMILES string of the molecule is O=C(NCc1cccc(F)c1)[C@H]1CCn2c(nc3ccccc32)C1. The lowest BCUT2D eigenvalue weighted by Gasteiger charge is -2.23. The topological polar surface area (TPSA) is 46.9 Å². The molecular formula is C19H18FN3O. The number of fused-ring (bicyclic) bond motifs is 3. The molecule has 4 rings (SSSR count). The van der Waals surface area contributed by atoms with Gasteiger partial charge in [0.15, 0.2) is 0 Å². The summed E-state index contributed by atoms with van der Waals surface area (Å²) in [5, 5.41) is 2.92. The number of nitrogens with zero attached hydrogens (tertiary/aromatic N) is 2. The van der Waals surface area contributed by atoms with Crippen LogP contribution in [0.25, 0.3) is 11.0 Å². The number of amides is 1. The summed E-state index contributed by atoms with van der Waals surface area (Å²) in [6, 6.07) is 14.4. The first-order valence-electron chi connectivity index (χ1n) is 8.17. The molecule has 0 spiro atoms. The van der Waals surface area contributed by atoms with E-state index < -0.39 is 0 Å². The Morgan fingerprint density at radius 2 is 2.12 bits per heavy atom. The molecule has 1 aromatic heterocycles. The van der Waals surface area contributed by atoms with Gasteiger partial charge in [0.05, 0.1) is 11.0 Å². The van der Waals surface area contributed by atoms with Gasteiger partial charge in [-0.2, -0.15) is 0 Å². The average Bonchev–Trinajstić information content (AvgIpc) is 2.97. The summed E-state index contributed by atoms with van der Waals surface area (Å²) >= 11 is 0. The van der Waals surface area contributed by atoms with Gasteiger partial charge in [0.25, 0.3) is 0 Å². The molecule has 3 aromatic rings. The number of imidazole rings is 1. The van der Waals surface area contributed by atoms with Crippen LogP contribution in [0.5, 0.6) is 0 Å². The molecule has 122 valence electrons. The smallest absolute Gasteiger partial charge is 0.223 e. The van der Waals surface area contributed by atoms with E-state index in [2.05, 4.69) is 20.9 Å². The minimum atomic E-state index is -0.284. The molecule has 4 nitrogen and oxygen atoms in total. The fourth-order valence-corrected chi connectivity index (χ4v) is 3.34. The summed E-state index contributed by atoms with van der Waals surface area (Å²) < 4.78 is 15.4. The molecule has 1 amide bonds. The minimum absolute atomic E-state index is 0.0116. The number of aryl methyl sites for hydroxylation is 1. The summed E-state index contributed by atoms with van der Waals surface area (Å²) in [6.45, 7) is 1.15. The Morgan fingerprint density at radius 3 is 3.00 bits per heavy atom. The first-order chi connectivity index (χ1) is 11.7. The molecular weight excluding hydrogens is 305 g/mol. The van der Waals surface area contributed by atoms with E-state index in [9.17, 15) is 9.18 Å². The molecule has 0 unspecified atom stereocenters. The van der Waals surface area contributed by atoms with Gasteiger partial charge >= 0.3 is 0 Å². The molecule has 24 heavy (non-hydrogen) atoms. The van der Waals surface area contributed by atoms with Crippen LogP contribution in [-0.4, -0.2) is 15.5 Å². The molecule has 0 saturated carbocycles. The van der Waals surface area contributed by atoms with Gasteiger partial charge in [-0.15, -0.1) is 0 Å². The van der Waals surface area contributed by atoms with Gasteiger partial charge in [0.1, 0.15) is 11.6 Å². The predicted octanol–water partition coefficient (Wildman–Crippen LogP) is 3.05. The van der Waals surface area contributed by atoms with E-state index in [1.54, 1.807) is 6.07 Å². The first-order valence-corrected chi connectivity index (χ1v) is 8.17. The van der Waals surface area contributed by atoms with E-state index in [4.69, 9.17) is 0 Å². The van der Waals surface area contributed by atoms with Crippen molar-refractivity contribution >= 4 is 16.9 Å². The van der Waals surface area contributed by atoms with Gasteiger partial charge in [-0.25, -0.2) is 9.37 Å². The number of rotatable bonds is 3. The molecule has 1 N–H and O–H groups in total. The second-order valence-corrected chi connectivity index (χ2v) is 6.21. The third kappa shape index (κ3) is 2.77. The lowest BCUT2D eigenvalue weighted by molar-refractivity contribution is -0.125. The zero-order valence-electron chi connectivity index (χ0n) is 13.2. The van der Waals surface area contributed by atoms with Crippen molar-refractivity contribution < 1.29 is 9.18 Å². The molecule has 1 aliphatic rings. The number of halogens is 1. The number of hydrogen-bond acceptors (Lipinski definition) is 2. The highest BCUT2D eigenvalue weighted by Gasteiger charge is 2.26. The number of aromatic nitrogens is 2. The lowest BCUT2D eigenvalue weighted by Crippen LogP contribution is -2.35. The van der Waals surface area contributed by atoms with Crippen LogP contribution in [0.1, 0.15) is 17.8 Å². The number of para-hydroxylation sites is 2. The Hall–Kier alpha value is -2.69. The first kappa shape index (κ1) is 14.9. The van der Waals surface area contributed by atoms with Crippen molar-refractivity contribution in [1.29, 1.82) is 0 Å². The third-order valence-electron chi connectivity index (χ3n) is 4.59. The molecule has 0 fully saturated rings. The van der Waals surface area contributed by atoms with Crippen LogP contribution in [-0.2, 0) is 24.3 Å². The molecule has 2 heterocycles. The largest absolute Gasteiger partial charge is 0.352 e. The molecule has 0 radical (unpaired) electrons. The van der Waals surface area contributed by atoms with Gasteiger partial charge < -0.3 is 9.88 Å². The van der Waals surface area contributed by atoms with Crippen molar-refractivity contribution in [3.63, 3.8) is 0 Å². The van der Waals surface area contributed by atoms with E-state index in [1.807, 2.05) is 24.3 Å². The quantitative estimate of drug-likeness (QED) is 0.805. The Bertz CT molecular complexity index is 903. The van der Waals surface area contributed by atoms with Crippen molar-refractivity contribution in [2.75, 3.05) is 0 Å². The van der Waals surface area contributed by atoms with Crippen LogP contribution in [0.3, 0.4) is 0 Å². The fourth-order valence-electron chi connectivity index (χ4n) is 3.34. The monoisotopic (exact) mass is 323 g/mol. The van der Waals surface area contributed by atoms with Crippen LogP contribution >= 0.6 is 0 Å². The van der Waals surface area contributed by atoms with E-state index in [0.29, 0.717) is 13.0 Å². The second kappa shape index (κ2) is 6.07. The summed E-state index contributed by atoms with van der Waals surface area (Å²) in [5.41, 5.74) is 2.88. The highest BCUT2D eigenvalue weighted by Crippen LogP contribution is 2.25. The van der Waals surface area contributed by atoms with E-state index in [1.165, 1.54) is 12.1 Å². The zero-order chi connectivity index (χ0) is 16.5. The molecule has 0 bridgehead atoms. The highest BCUT2D eigenvalue weighted by atomic mass is 19.1. The molecule has 1 atom stereocenters. The highest BCUT2D eigenvalue weighted by molar-refractivity contribution is 5.80. The van der Waals surface area contributed by atoms with E-state index in [-0.39, 0.29) is 17.6 Å².